The predicted octanol–water partition coefficient (Wildman–Crippen LogP) is 18.0. The topological polar surface area (TPSA) is 4.93 Å². The summed E-state index contributed by atoms with van der Waals surface area (Å²) in [7, 11) is 0. The number of fused-ring (bicyclic) bond motifs is 6. The number of hydrogen-bond donors (Lipinski definition) is 0. The lowest BCUT2D eigenvalue weighted by Gasteiger charge is -2.25. The molecule has 0 aliphatic heterocycles. The van der Waals surface area contributed by atoms with Gasteiger partial charge in [0.2, 0.25) is 0 Å². The second-order valence-electron chi connectivity index (χ2n) is 19.9. The fourth-order valence-electron chi connectivity index (χ4n) is 11.7. The van der Waals surface area contributed by atoms with Gasteiger partial charge in [0, 0.05) is 33.7 Å². The molecule has 2 unspecified atom stereocenters. The van der Waals surface area contributed by atoms with Crippen LogP contribution in [0.1, 0.15) is 83.0 Å². The lowest BCUT2D eigenvalue weighted by Crippen LogP contribution is -2.15. The van der Waals surface area contributed by atoms with Crippen LogP contribution in [0.4, 0.5) is 0 Å². The van der Waals surface area contributed by atoms with E-state index >= 15 is 0 Å². The van der Waals surface area contributed by atoms with E-state index in [9.17, 15) is 0 Å². The maximum absolute atomic E-state index is 2.57. The van der Waals surface area contributed by atoms with Crippen LogP contribution in [-0.4, -0.2) is 4.57 Å². The summed E-state index contributed by atoms with van der Waals surface area (Å²) in [6, 6.07) is 93.1. The molecule has 0 radical (unpaired) electrons. The number of aryl methyl sites for hydroxylation is 2. The van der Waals surface area contributed by atoms with Gasteiger partial charge in [-0.1, -0.05) is 232 Å². The van der Waals surface area contributed by atoms with Crippen molar-refractivity contribution < 1.29 is 0 Å². The van der Waals surface area contributed by atoms with Gasteiger partial charge in [-0.05, 0) is 134 Å². The quantitative estimate of drug-likeness (QED) is 0.109. The van der Waals surface area contributed by atoms with Crippen LogP contribution in [-0.2, 0) is 18.3 Å². The molecule has 10 aromatic carbocycles. The van der Waals surface area contributed by atoms with Crippen LogP contribution >= 0.6 is 0 Å². The molecule has 0 amide bonds. The third kappa shape index (κ3) is 8.16. The van der Waals surface area contributed by atoms with Gasteiger partial charge in [0.15, 0.2) is 0 Å². The van der Waals surface area contributed by atoms with E-state index in [1.165, 1.54) is 105 Å². The molecular weight excluding hydrogens is 843 g/mol. The molecule has 1 heterocycles. The van der Waals surface area contributed by atoms with E-state index in [0.29, 0.717) is 0 Å². The Morgan fingerprint density at radius 3 is 1.54 bits per heavy atom. The maximum atomic E-state index is 2.57. The summed E-state index contributed by atoms with van der Waals surface area (Å²) in [6.45, 7) is 4.78. The van der Waals surface area contributed by atoms with Crippen LogP contribution in [0, 0.1) is 0 Å². The van der Waals surface area contributed by atoms with Crippen molar-refractivity contribution in [2.24, 2.45) is 0 Å². The third-order valence-electron chi connectivity index (χ3n) is 15.4. The molecule has 12 rings (SSSR count). The van der Waals surface area contributed by atoms with E-state index < -0.39 is 0 Å². The van der Waals surface area contributed by atoms with Crippen molar-refractivity contribution >= 4 is 21.8 Å². The lowest BCUT2D eigenvalue weighted by molar-refractivity contribution is 0.656. The molecule has 0 saturated heterocycles. The fourth-order valence-corrected chi connectivity index (χ4v) is 11.7. The highest BCUT2D eigenvalue weighted by Crippen LogP contribution is 2.49. The van der Waals surface area contributed by atoms with Gasteiger partial charge in [0.1, 0.15) is 0 Å². The molecule has 70 heavy (non-hydrogen) atoms. The second-order valence-corrected chi connectivity index (χ2v) is 19.9. The molecule has 1 heteroatoms. The number of hydrogen-bond acceptors (Lipinski definition) is 0. The van der Waals surface area contributed by atoms with E-state index in [-0.39, 0.29) is 17.3 Å². The van der Waals surface area contributed by atoms with E-state index in [1.54, 1.807) is 0 Å². The Morgan fingerprint density at radius 2 is 0.857 bits per heavy atom. The number of nitrogens with zero attached hydrogens (tertiary/aromatic N) is 1. The summed E-state index contributed by atoms with van der Waals surface area (Å²) in [5, 5.41) is 2.53. The first-order chi connectivity index (χ1) is 34.5. The van der Waals surface area contributed by atoms with Crippen molar-refractivity contribution in [3.63, 3.8) is 0 Å². The SMILES string of the molecule is CC1(C)c2ccccc2-c2ccc(CCC(c3ccccc3)c3cc(-c4ccc5c(c4)c4ccccc4n5-c4ccccc4)cc(C(CCc4ccc(-c5ccccc5)cc4)c4ccccc4)c3)cc21. The fraction of sp³-hybridized carbons (Fsp3) is 0.130. The van der Waals surface area contributed by atoms with Crippen molar-refractivity contribution in [2.45, 2.75) is 56.8 Å². The second kappa shape index (κ2) is 18.5. The molecule has 0 bridgehead atoms. The van der Waals surface area contributed by atoms with Gasteiger partial charge in [0.25, 0.3) is 0 Å². The average molecular weight is 900 g/mol. The number of aromatic nitrogens is 1. The van der Waals surface area contributed by atoms with Crippen molar-refractivity contribution in [2.75, 3.05) is 0 Å². The normalized spacial score (nSPS) is 13.5. The number of benzene rings is 10. The molecule has 0 fully saturated rings. The molecule has 0 N–H and O–H groups in total. The average Bonchev–Trinajstić information content (AvgIpc) is 3.87. The van der Waals surface area contributed by atoms with Crippen LogP contribution in [0.3, 0.4) is 0 Å². The number of rotatable bonds is 13. The standard InChI is InChI=1S/C69H57N/c1-69(2)65-29-17-15-27-61(65)62-41-35-49(43-66(62)69)34-40-60(53-23-11-5-12-24-53)57-45-55(54-38-42-68-64(47-54)63-28-16-18-30-67(63)70(68)58-25-13-6-14-26-58)44-56(46-57)59(52-21-9-4-10-22-52)39-33-48-31-36-51(37-32-48)50-19-7-3-8-20-50/h3-32,35-38,41-47,59-60H,33-34,39-40H2,1-2H3. The number of para-hydroxylation sites is 2. The van der Waals surface area contributed by atoms with E-state index in [2.05, 4.69) is 267 Å². The van der Waals surface area contributed by atoms with Crippen LogP contribution in [0.25, 0.3) is 60.9 Å². The molecule has 0 spiro atoms. The summed E-state index contributed by atoms with van der Waals surface area (Å²) in [4.78, 5) is 0. The van der Waals surface area contributed by atoms with Crippen molar-refractivity contribution in [3.05, 3.63) is 293 Å². The van der Waals surface area contributed by atoms with E-state index in [1.807, 2.05) is 0 Å². The first-order valence-corrected chi connectivity index (χ1v) is 25.2. The van der Waals surface area contributed by atoms with E-state index in [0.717, 1.165) is 25.7 Å². The minimum atomic E-state index is -0.0329. The zero-order chi connectivity index (χ0) is 47.0. The van der Waals surface area contributed by atoms with Gasteiger partial charge in [-0.25, -0.2) is 0 Å². The van der Waals surface area contributed by atoms with Crippen LogP contribution in [0.5, 0.6) is 0 Å². The molecule has 338 valence electrons. The third-order valence-corrected chi connectivity index (χ3v) is 15.4. The maximum Gasteiger partial charge on any atom is 0.0541 e. The van der Waals surface area contributed by atoms with Gasteiger partial charge >= 0.3 is 0 Å². The largest absolute Gasteiger partial charge is 0.309 e. The Balaban J connectivity index is 0.978. The summed E-state index contributed by atoms with van der Waals surface area (Å²) in [5.74, 6) is 0.374. The Hall–Kier alpha value is -8.00. The highest BCUT2D eigenvalue weighted by Gasteiger charge is 2.35. The van der Waals surface area contributed by atoms with Crippen molar-refractivity contribution in [1.82, 2.24) is 4.57 Å². The Labute approximate surface area is 413 Å². The van der Waals surface area contributed by atoms with Crippen LogP contribution in [0.15, 0.2) is 249 Å². The molecule has 1 nitrogen and oxygen atoms in total. The molecular formula is C69H57N. The van der Waals surface area contributed by atoms with Crippen LogP contribution in [0.2, 0.25) is 0 Å². The van der Waals surface area contributed by atoms with Crippen LogP contribution < -0.4 is 0 Å². The van der Waals surface area contributed by atoms with E-state index in [4.69, 9.17) is 0 Å². The van der Waals surface area contributed by atoms with Gasteiger partial charge in [-0.2, -0.15) is 0 Å². The Bertz CT molecular complexity index is 3600. The first-order valence-electron chi connectivity index (χ1n) is 25.2. The summed E-state index contributed by atoms with van der Waals surface area (Å²) < 4.78 is 2.42. The van der Waals surface area contributed by atoms with Crippen molar-refractivity contribution in [3.8, 4) is 39.1 Å². The monoisotopic (exact) mass is 899 g/mol. The van der Waals surface area contributed by atoms with Gasteiger partial charge in [-0.3, -0.25) is 0 Å². The molecule has 1 aliphatic rings. The highest BCUT2D eigenvalue weighted by atomic mass is 15.0. The van der Waals surface area contributed by atoms with Gasteiger partial charge in [-0.15, -0.1) is 0 Å². The smallest absolute Gasteiger partial charge is 0.0541 e. The molecule has 2 atom stereocenters. The Morgan fingerprint density at radius 1 is 0.343 bits per heavy atom. The molecule has 0 saturated carbocycles. The zero-order valence-corrected chi connectivity index (χ0v) is 40.1. The van der Waals surface area contributed by atoms with Gasteiger partial charge in [0.05, 0.1) is 11.0 Å². The molecule has 1 aromatic heterocycles. The lowest BCUT2D eigenvalue weighted by atomic mass is 9.79. The minimum Gasteiger partial charge on any atom is -0.309 e. The summed E-state index contributed by atoms with van der Waals surface area (Å²) >= 11 is 0. The molecule has 11 aromatic rings. The predicted molar refractivity (Wildman–Crippen MR) is 295 cm³/mol. The Kier molecular flexibility index (Phi) is 11.4. The minimum absolute atomic E-state index is 0.0329. The van der Waals surface area contributed by atoms with Crippen molar-refractivity contribution in [1.29, 1.82) is 0 Å². The van der Waals surface area contributed by atoms with Gasteiger partial charge < -0.3 is 4.57 Å². The summed E-state index contributed by atoms with van der Waals surface area (Å²) in [5.41, 5.74) is 22.4. The highest BCUT2D eigenvalue weighted by molar-refractivity contribution is 6.10. The first kappa shape index (κ1) is 43.3. The molecule has 1 aliphatic carbocycles. The zero-order valence-electron chi connectivity index (χ0n) is 40.1. The summed E-state index contributed by atoms with van der Waals surface area (Å²) in [6.07, 6.45) is 3.93.